The van der Waals surface area contributed by atoms with Crippen molar-refractivity contribution in [3.63, 3.8) is 0 Å². The van der Waals surface area contributed by atoms with Crippen LogP contribution in [0.3, 0.4) is 0 Å². The van der Waals surface area contributed by atoms with E-state index in [1.807, 2.05) is 19.1 Å². The average molecular weight is 372 g/mol. The van der Waals surface area contributed by atoms with Gasteiger partial charge in [0.1, 0.15) is 18.7 Å². The normalized spacial score (nSPS) is 10.9. The number of pyridine rings is 1. The van der Waals surface area contributed by atoms with Crippen molar-refractivity contribution in [2.75, 3.05) is 18.9 Å². The van der Waals surface area contributed by atoms with Crippen LogP contribution >= 0.6 is 0 Å². The molecule has 0 aliphatic carbocycles. The van der Waals surface area contributed by atoms with E-state index >= 15 is 0 Å². The van der Waals surface area contributed by atoms with Crippen LogP contribution in [0.15, 0.2) is 23.1 Å². The van der Waals surface area contributed by atoms with Crippen molar-refractivity contribution >= 4 is 23.0 Å². The molecule has 10 heteroatoms. The SMILES string of the molecule is CCC(=O)OCCOc1nc(N)c2[nH]c(=O)n(Cc3ccc(C)nc3)c2n1. The first-order valence-corrected chi connectivity index (χ1v) is 8.44. The van der Waals surface area contributed by atoms with Gasteiger partial charge in [0.05, 0.1) is 6.54 Å². The molecule has 3 aromatic heterocycles. The van der Waals surface area contributed by atoms with E-state index in [1.54, 1.807) is 13.1 Å². The largest absolute Gasteiger partial charge is 0.462 e. The van der Waals surface area contributed by atoms with E-state index in [0.717, 1.165) is 11.3 Å². The Morgan fingerprint density at radius 2 is 2.11 bits per heavy atom. The van der Waals surface area contributed by atoms with Crippen molar-refractivity contribution in [1.82, 2.24) is 24.5 Å². The fourth-order valence-electron chi connectivity index (χ4n) is 2.41. The molecule has 10 nitrogen and oxygen atoms in total. The first-order valence-electron chi connectivity index (χ1n) is 8.44. The van der Waals surface area contributed by atoms with Crippen molar-refractivity contribution in [3.8, 4) is 6.01 Å². The Kier molecular flexibility index (Phi) is 5.34. The smallest absolute Gasteiger partial charge is 0.328 e. The van der Waals surface area contributed by atoms with Gasteiger partial charge in [-0.05, 0) is 18.6 Å². The zero-order chi connectivity index (χ0) is 19.4. The molecule has 27 heavy (non-hydrogen) atoms. The number of carbonyl (C=O) groups excluding carboxylic acids is 1. The number of H-pyrrole nitrogens is 1. The van der Waals surface area contributed by atoms with Crippen LogP contribution < -0.4 is 16.2 Å². The third-order valence-electron chi connectivity index (χ3n) is 3.81. The van der Waals surface area contributed by atoms with Gasteiger partial charge in [0, 0.05) is 18.3 Å². The second-order valence-corrected chi connectivity index (χ2v) is 5.84. The van der Waals surface area contributed by atoms with Gasteiger partial charge in [0.25, 0.3) is 0 Å². The summed E-state index contributed by atoms with van der Waals surface area (Å²) in [4.78, 5) is 38.6. The quantitative estimate of drug-likeness (QED) is 0.458. The molecule has 0 saturated heterocycles. The van der Waals surface area contributed by atoms with Gasteiger partial charge in [0.2, 0.25) is 0 Å². The molecule has 0 unspecified atom stereocenters. The van der Waals surface area contributed by atoms with Crippen LogP contribution in [-0.4, -0.2) is 43.7 Å². The van der Waals surface area contributed by atoms with Crippen molar-refractivity contribution in [2.45, 2.75) is 26.8 Å². The minimum atomic E-state index is -0.361. The second-order valence-electron chi connectivity index (χ2n) is 5.84. The minimum Gasteiger partial charge on any atom is -0.462 e. The lowest BCUT2D eigenvalue weighted by atomic mass is 10.2. The highest BCUT2D eigenvalue weighted by Crippen LogP contribution is 2.18. The molecule has 3 aromatic rings. The number of aromatic nitrogens is 5. The molecule has 0 amide bonds. The highest BCUT2D eigenvalue weighted by atomic mass is 16.6. The number of aryl methyl sites for hydroxylation is 1. The van der Waals surface area contributed by atoms with Crippen LogP contribution in [0.2, 0.25) is 0 Å². The number of ether oxygens (including phenoxy) is 2. The van der Waals surface area contributed by atoms with Gasteiger partial charge < -0.3 is 20.2 Å². The highest BCUT2D eigenvalue weighted by Gasteiger charge is 2.15. The van der Waals surface area contributed by atoms with Gasteiger partial charge in [-0.3, -0.25) is 14.3 Å². The molecule has 0 bridgehead atoms. The Bertz CT molecular complexity index is 1010. The second kappa shape index (κ2) is 7.85. The van der Waals surface area contributed by atoms with Crippen molar-refractivity contribution in [1.29, 1.82) is 0 Å². The number of anilines is 1. The van der Waals surface area contributed by atoms with Crippen LogP contribution in [0.5, 0.6) is 6.01 Å². The Hall–Kier alpha value is -3.43. The van der Waals surface area contributed by atoms with E-state index in [0.29, 0.717) is 17.6 Å². The summed E-state index contributed by atoms with van der Waals surface area (Å²) >= 11 is 0. The Balaban J connectivity index is 1.83. The summed E-state index contributed by atoms with van der Waals surface area (Å²) < 4.78 is 11.8. The molecule has 0 fully saturated rings. The maximum Gasteiger partial charge on any atom is 0.328 e. The minimum absolute atomic E-state index is 0.00216. The first-order chi connectivity index (χ1) is 13.0. The predicted octanol–water partition coefficient (Wildman–Crippen LogP) is 0.786. The summed E-state index contributed by atoms with van der Waals surface area (Å²) in [6, 6.07) is 3.75. The van der Waals surface area contributed by atoms with E-state index in [4.69, 9.17) is 15.2 Å². The molecule has 142 valence electrons. The number of nitrogens with zero attached hydrogens (tertiary/aromatic N) is 4. The number of hydrogen-bond acceptors (Lipinski definition) is 8. The Labute approximate surface area is 154 Å². The number of aromatic amines is 1. The fourth-order valence-corrected chi connectivity index (χ4v) is 2.41. The molecule has 0 radical (unpaired) electrons. The molecule has 0 aliphatic rings. The monoisotopic (exact) mass is 372 g/mol. The number of carbonyl (C=O) groups is 1. The molecular formula is C17H20N6O4. The van der Waals surface area contributed by atoms with E-state index in [9.17, 15) is 9.59 Å². The zero-order valence-corrected chi connectivity index (χ0v) is 15.1. The summed E-state index contributed by atoms with van der Waals surface area (Å²) in [7, 11) is 0. The highest BCUT2D eigenvalue weighted by molar-refractivity contribution is 5.81. The van der Waals surface area contributed by atoms with Gasteiger partial charge >= 0.3 is 17.7 Å². The van der Waals surface area contributed by atoms with Crippen molar-refractivity contribution < 1.29 is 14.3 Å². The zero-order valence-electron chi connectivity index (χ0n) is 15.1. The molecule has 3 rings (SSSR count). The number of hydrogen-bond donors (Lipinski definition) is 2. The van der Waals surface area contributed by atoms with Gasteiger partial charge in [0.15, 0.2) is 11.5 Å². The summed E-state index contributed by atoms with van der Waals surface area (Å²) in [5, 5.41) is 0. The van der Waals surface area contributed by atoms with Crippen LogP contribution in [0, 0.1) is 6.92 Å². The van der Waals surface area contributed by atoms with E-state index in [2.05, 4.69) is 19.9 Å². The molecule has 0 atom stereocenters. The molecule has 0 aromatic carbocycles. The predicted molar refractivity (Wildman–Crippen MR) is 97.4 cm³/mol. The average Bonchev–Trinajstić information content (AvgIpc) is 2.97. The van der Waals surface area contributed by atoms with Gasteiger partial charge in [-0.1, -0.05) is 13.0 Å². The summed E-state index contributed by atoms with van der Waals surface area (Å²) in [6.45, 7) is 4.01. The van der Waals surface area contributed by atoms with Crippen LogP contribution in [0.4, 0.5) is 5.82 Å². The van der Waals surface area contributed by atoms with Crippen molar-refractivity contribution in [3.05, 3.63) is 40.1 Å². The lowest BCUT2D eigenvalue weighted by Crippen LogP contribution is -2.18. The number of esters is 1. The fraction of sp³-hybridized carbons (Fsp3) is 0.353. The molecule has 0 saturated carbocycles. The number of imidazole rings is 1. The van der Waals surface area contributed by atoms with Gasteiger partial charge in [-0.2, -0.15) is 9.97 Å². The topological polar surface area (TPSA) is 138 Å². The lowest BCUT2D eigenvalue weighted by molar-refractivity contribution is -0.144. The summed E-state index contributed by atoms with van der Waals surface area (Å²) in [5.41, 5.74) is 7.95. The maximum atomic E-state index is 12.3. The third-order valence-corrected chi connectivity index (χ3v) is 3.81. The molecule has 0 aliphatic heterocycles. The van der Waals surface area contributed by atoms with E-state index < -0.39 is 0 Å². The van der Waals surface area contributed by atoms with Crippen LogP contribution in [0.1, 0.15) is 24.6 Å². The third kappa shape index (κ3) is 4.22. The Morgan fingerprint density at radius 1 is 1.30 bits per heavy atom. The van der Waals surface area contributed by atoms with Crippen molar-refractivity contribution in [2.24, 2.45) is 0 Å². The number of nitrogens with two attached hydrogens (primary N) is 1. The van der Waals surface area contributed by atoms with E-state index in [-0.39, 0.29) is 43.2 Å². The van der Waals surface area contributed by atoms with Crippen LogP contribution in [-0.2, 0) is 16.1 Å². The number of nitrogen functional groups attached to an aromatic ring is 1. The van der Waals surface area contributed by atoms with Gasteiger partial charge in [-0.15, -0.1) is 0 Å². The number of fused-ring (bicyclic) bond motifs is 1. The molecule has 3 N–H and O–H groups in total. The number of nitrogens with one attached hydrogen (secondary N) is 1. The van der Waals surface area contributed by atoms with E-state index in [1.165, 1.54) is 4.57 Å². The van der Waals surface area contributed by atoms with Crippen LogP contribution in [0.25, 0.3) is 11.2 Å². The maximum absolute atomic E-state index is 12.3. The summed E-state index contributed by atoms with van der Waals surface area (Å²) in [5.74, 6) is -0.223. The molecular weight excluding hydrogens is 352 g/mol. The lowest BCUT2D eigenvalue weighted by Gasteiger charge is -2.07. The standard InChI is InChI=1S/C17H20N6O4/c1-3-12(24)26-6-7-27-16-21-14(18)13-15(22-16)23(17(25)20-13)9-11-5-4-10(2)19-8-11/h4-5,8H,3,6-7,9H2,1-2H3,(H,20,25)(H2,18,21,22). The first kappa shape index (κ1) is 18.4. The summed E-state index contributed by atoms with van der Waals surface area (Å²) in [6.07, 6.45) is 1.99. The molecule has 3 heterocycles. The number of rotatable bonds is 7. The Morgan fingerprint density at radius 3 is 2.81 bits per heavy atom. The molecule has 0 spiro atoms. The van der Waals surface area contributed by atoms with Gasteiger partial charge in [-0.25, -0.2) is 4.79 Å².